The first-order chi connectivity index (χ1) is 17.0. The van der Waals surface area contributed by atoms with Crippen molar-refractivity contribution in [2.75, 3.05) is 0 Å². The number of aliphatic carboxylic acids is 1. The Hall–Kier alpha value is -3.25. The van der Waals surface area contributed by atoms with Crippen molar-refractivity contribution in [2.45, 2.75) is 90.9 Å². The number of carboxylic acids is 1. The number of aliphatic hydroxyl groups excluding tert-OH is 1. The van der Waals surface area contributed by atoms with Crippen LogP contribution in [0.4, 0.5) is 4.79 Å². The van der Waals surface area contributed by atoms with Crippen molar-refractivity contribution in [1.82, 2.24) is 10.3 Å². The van der Waals surface area contributed by atoms with E-state index in [1.165, 1.54) is 13.8 Å². The Balaban J connectivity index is 2.83. The molecule has 5 N–H and O–H groups in total. The number of alkyl carbamates (subject to hydrolysis) is 1. The molecule has 208 valence electrons. The minimum atomic E-state index is -1.62. The maximum atomic E-state index is 12.8. The summed E-state index contributed by atoms with van der Waals surface area (Å²) in [6.45, 7) is 10.7. The summed E-state index contributed by atoms with van der Waals surface area (Å²) in [4.78, 5) is 53.2. The smallest absolute Gasteiger partial charge is 0.408 e. The number of esters is 2. The lowest BCUT2D eigenvalue weighted by Crippen LogP contribution is -2.51. The third-order valence-electron chi connectivity index (χ3n) is 5.31. The normalized spacial score (nSPS) is 16.5. The number of hydrogen-bond donors (Lipinski definition) is 4. The van der Waals surface area contributed by atoms with E-state index in [1.54, 1.807) is 59.1 Å². The van der Waals surface area contributed by atoms with Crippen LogP contribution in [0.15, 0.2) is 24.5 Å². The number of rotatable bonds is 12. The predicted molar refractivity (Wildman–Crippen MR) is 132 cm³/mol. The van der Waals surface area contributed by atoms with E-state index in [-0.39, 0.29) is 6.42 Å². The van der Waals surface area contributed by atoms with Gasteiger partial charge in [-0.25, -0.2) is 14.4 Å². The highest BCUT2D eigenvalue weighted by Gasteiger charge is 2.37. The Bertz CT molecular complexity index is 918. The van der Waals surface area contributed by atoms with Crippen molar-refractivity contribution in [3.63, 3.8) is 0 Å². The number of pyridine rings is 1. The number of ether oxygens (including phenoxy) is 3. The number of carbonyl (C=O) groups excluding carboxylic acids is 3. The Morgan fingerprint density at radius 2 is 1.70 bits per heavy atom. The molecule has 0 bridgehead atoms. The van der Waals surface area contributed by atoms with E-state index < -0.39 is 71.8 Å². The van der Waals surface area contributed by atoms with Gasteiger partial charge in [-0.1, -0.05) is 19.9 Å². The number of nitrogens with one attached hydrogen (secondary N) is 1. The fraction of sp³-hybridized carbons (Fsp3) is 0.640. The summed E-state index contributed by atoms with van der Waals surface area (Å²) in [5.74, 6) is -4.95. The van der Waals surface area contributed by atoms with Crippen LogP contribution in [0.2, 0.25) is 0 Å². The molecule has 1 heterocycles. The average Bonchev–Trinajstić information content (AvgIpc) is 2.78. The van der Waals surface area contributed by atoms with Crippen LogP contribution in [0.25, 0.3) is 0 Å². The van der Waals surface area contributed by atoms with Gasteiger partial charge in [-0.2, -0.15) is 0 Å². The molecule has 12 nitrogen and oxygen atoms in total. The van der Waals surface area contributed by atoms with Crippen LogP contribution < -0.4 is 11.1 Å². The molecule has 0 unspecified atom stereocenters. The van der Waals surface area contributed by atoms with Crippen LogP contribution in [0.1, 0.15) is 54.0 Å². The minimum absolute atomic E-state index is 0.265. The highest BCUT2D eigenvalue weighted by molar-refractivity contribution is 5.83. The number of nitrogens with two attached hydrogens (primary N) is 1. The molecule has 0 aromatic carbocycles. The maximum Gasteiger partial charge on any atom is 0.408 e. The van der Waals surface area contributed by atoms with E-state index in [2.05, 4.69) is 10.3 Å². The van der Waals surface area contributed by atoms with Crippen molar-refractivity contribution in [1.29, 1.82) is 0 Å². The third kappa shape index (κ3) is 10.7. The fourth-order valence-electron chi connectivity index (χ4n) is 3.24. The van der Waals surface area contributed by atoms with E-state index in [0.717, 1.165) is 5.56 Å². The lowest BCUT2D eigenvalue weighted by atomic mass is 9.94. The largest absolute Gasteiger partial charge is 0.480 e. The number of nitrogens with zero attached hydrogens (tertiary/aromatic N) is 1. The molecule has 1 amide bonds. The number of amides is 1. The van der Waals surface area contributed by atoms with Crippen molar-refractivity contribution >= 4 is 24.0 Å². The van der Waals surface area contributed by atoms with Gasteiger partial charge in [-0.3, -0.25) is 9.78 Å². The average molecular weight is 526 g/mol. The minimum Gasteiger partial charge on any atom is -0.480 e. The van der Waals surface area contributed by atoms with Crippen molar-refractivity contribution in [3.05, 3.63) is 30.1 Å². The molecular weight excluding hydrogens is 486 g/mol. The van der Waals surface area contributed by atoms with Gasteiger partial charge in [0.2, 0.25) is 6.10 Å². The molecule has 0 aliphatic carbocycles. The van der Waals surface area contributed by atoms with E-state index in [1.807, 2.05) is 0 Å². The number of carboxylic acid groups (broad SMARTS) is 1. The molecular formula is C25H39N3O9. The Kier molecular flexibility index (Phi) is 11.9. The molecule has 0 saturated carbocycles. The predicted octanol–water partition coefficient (Wildman–Crippen LogP) is 1.43. The van der Waals surface area contributed by atoms with Gasteiger partial charge in [0.1, 0.15) is 11.7 Å². The number of aliphatic hydroxyl groups is 1. The van der Waals surface area contributed by atoms with Gasteiger partial charge in [-0.15, -0.1) is 0 Å². The summed E-state index contributed by atoms with van der Waals surface area (Å²) >= 11 is 0. The second-order valence-corrected chi connectivity index (χ2v) is 10.2. The van der Waals surface area contributed by atoms with E-state index in [9.17, 15) is 29.4 Å². The van der Waals surface area contributed by atoms with Crippen molar-refractivity contribution < 1.29 is 43.6 Å². The Morgan fingerprint density at radius 1 is 1.08 bits per heavy atom. The lowest BCUT2D eigenvalue weighted by molar-refractivity contribution is -0.180. The van der Waals surface area contributed by atoms with Crippen LogP contribution >= 0.6 is 0 Å². The van der Waals surface area contributed by atoms with Crippen LogP contribution in [-0.2, 0) is 35.0 Å². The molecule has 1 aromatic rings. The highest BCUT2D eigenvalue weighted by atomic mass is 16.6. The molecule has 0 fully saturated rings. The highest BCUT2D eigenvalue weighted by Crippen LogP contribution is 2.18. The maximum absolute atomic E-state index is 12.8. The van der Waals surface area contributed by atoms with Gasteiger partial charge in [0.25, 0.3) is 0 Å². The molecule has 12 heteroatoms. The summed E-state index contributed by atoms with van der Waals surface area (Å²) in [6.07, 6.45) is -1.53. The van der Waals surface area contributed by atoms with Crippen LogP contribution in [0, 0.1) is 11.8 Å². The number of carbonyl (C=O) groups is 4. The van der Waals surface area contributed by atoms with Gasteiger partial charge in [-0.05, 0) is 52.7 Å². The molecule has 0 aliphatic rings. The zero-order chi connectivity index (χ0) is 28.5. The molecule has 37 heavy (non-hydrogen) atoms. The quantitative estimate of drug-likeness (QED) is 0.228. The summed E-state index contributed by atoms with van der Waals surface area (Å²) in [6, 6.07) is 1.10. The van der Waals surface area contributed by atoms with Gasteiger partial charge >= 0.3 is 24.0 Å². The molecule has 0 radical (unpaired) electrons. The fourth-order valence-corrected chi connectivity index (χ4v) is 3.24. The Labute approximate surface area is 216 Å². The molecule has 1 rings (SSSR count). The van der Waals surface area contributed by atoms with E-state index >= 15 is 0 Å². The van der Waals surface area contributed by atoms with Gasteiger partial charge < -0.3 is 35.5 Å². The summed E-state index contributed by atoms with van der Waals surface area (Å²) in [7, 11) is 0. The van der Waals surface area contributed by atoms with Gasteiger partial charge in [0.05, 0.1) is 12.0 Å². The topological polar surface area (TPSA) is 187 Å². The first kappa shape index (κ1) is 31.8. The van der Waals surface area contributed by atoms with Crippen LogP contribution in [0.3, 0.4) is 0 Å². The second kappa shape index (κ2) is 13.9. The zero-order valence-corrected chi connectivity index (χ0v) is 22.3. The summed E-state index contributed by atoms with van der Waals surface area (Å²) < 4.78 is 15.6. The standard InChI is InChI=1S/C25H39N3O9/c1-13(2)20(23(33)35-15(4)18(21(30)31)28-24(34)37-25(5,6)7)36-22(32)14(3)19(29)17(26)11-16-9-8-10-27-12-16/h8-10,12-15,17-20,29H,11,26H2,1-7H3,(H,28,34)(H,30,31)/t14-,15-,17+,18+,19+,20-/m1/s1. The van der Waals surface area contributed by atoms with E-state index in [0.29, 0.717) is 0 Å². The third-order valence-corrected chi connectivity index (χ3v) is 5.31. The molecule has 0 aliphatic heterocycles. The monoisotopic (exact) mass is 525 g/mol. The lowest BCUT2D eigenvalue weighted by Gasteiger charge is -2.28. The van der Waals surface area contributed by atoms with Crippen molar-refractivity contribution in [2.24, 2.45) is 17.6 Å². The van der Waals surface area contributed by atoms with Crippen molar-refractivity contribution in [3.8, 4) is 0 Å². The first-order valence-corrected chi connectivity index (χ1v) is 12.0. The molecule has 6 atom stereocenters. The molecule has 0 spiro atoms. The SMILES string of the molecule is CC(C)[C@@H](OC(=O)[C@H](C)[C@H](O)[C@@H](N)Cc1cccnc1)C(=O)O[C@H](C)[C@H](NC(=O)OC(C)(C)C)C(=O)O. The molecule has 1 aromatic heterocycles. The molecule has 0 saturated heterocycles. The Morgan fingerprint density at radius 3 is 2.19 bits per heavy atom. The van der Waals surface area contributed by atoms with Crippen LogP contribution in [0.5, 0.6) is 0 Å². The van der Waals surface area contributed by atoms with E-state index in [4.69, 9.17) is 19.9 Å². The number of hydrogen-bond acceptors (Lipinski definition) is 10. The summed E-state index contributed by atoms with van der Waals surface area (Å²) in [5, 5.41) is 22.2. The first-order valence-electron chi connectivity index (χ1n) is 12.0. The number of aromatic nitrogens is 1. The second-order valence-electron chi connectivity index (χ2n) is 10.2. The summed E-state index contributed by atoms with van der Waals surface area (Å²) in [5.41, 5.74) is 5.98. The van der Waals surface area contributed by atoms with Gasteiger partial charge in [0.15, 0.2) is 6.04 Å². The zero-order valence-electron chi connectivity index (χ0n) is 22.3. The van der Waals surface area contributed by atoms with Gasteiger partial charge in [0, 0.05) is 24.4 Å². The van der Waals surface area contributed by atoms with Crippen LogP contribution in [-0.4, -0.2) is 75.2 Å².